The fourth-order valence-electron chi connectivity index (χ4n) is 1.24. The van der Waals surface area contributed by atoms with E-state index in [0.29, 0.717) is 16.8 Å². The average molecular weight is 164 g/mol. The first kappa shape index (κ1) is 6.97. The van der Waals surface area contributed by atoms with E-state index >= 15 is 0 Å². The molecule has 0 radical (unpaired) electrons. The molecule has 0 spiro atoms. The van der Waals surface area contributed by atoms with Crippen LogP contribution in [0.4, 0.5) is 5.69 Å². The lowest BCUT2D eigenvalue weighted by Gasteiger charge is -1.95. The van der Waals surface area contributed by atoms with Crippen LogP contribution in [0, 0.1) is 6.92 Å². The van der Waals surface area contributed by atoms with E-state index < -0.39 is 5.76 Å². The van der Waals surface area contributed by atoms with Crippen LogP contribution >= 0.6 is 0 Å². The van der Waals surface area contributed by atoms with E-state index in [0.717, 1.165) is 5.56 Å². The molecule has 0 aliphatic heterocycles. The third-order valence-electron chi connectivity index (χ3n) is 1.69. The van der Waals surface area contributed by atoms with Gasteiger partial charge < -0.3 is 10.2 Å². The molecule has 4 heteroatoms. The van der Waals surface area contributed by atoms with E-state index in [-0.39, 0.29) is 0 Å². The van der Waals surface area contributed by atoms with Crippen molar-refractivity contribution in [1.82, 2.24) is 4.98 Å². The predicted octanol–water partition coefficient (Wildman–Crippen LogP) is 1.01. The summed E-state index contributed by atoms with van der Waals surface area (Å²) < 4.78 is 4.82. The Morgan fingerprint density at radius 1 is 1.50 bits per heavy atom. The first-order valence-electron chi connectivity index (χ1n) is 3.56. The van der Waals surface area contributed by atoms with Crippen LogP contribution in [-0.4, -0.2) is 4.98 Å². The molecule has 0 saturated carbocycles. The van der Waals surface area contributed by atoms with Crippen LogP contribution in [0.25, 0.3) is 11.1 Å². The van der Waals surface area contributed by atoms with Gasteiger partial charge in [-0.2, -0.15) is 0 Å². The van der Waals surface area contributed by atoms with Gasteiger partial charge in [-0.3, -0.25) is 4.98 Å². The standard InChI is InChI=1S/C8H8N2O2/c1-4-2-5(9)7-6(3-4)10-8(11)12-7/h2-3H,9H2,1H3,(H,10,11). The van der Waals surface area contributed by atoms with Crippen molar-refractivity contribution in [3.05, 3.63) is 28.2 Å². The van der Waals surface area contributed by atoms with Crippen molar-refractivity contribution in [1.29, 1.82) is 0 Å². The van der Waals surface area contributed by atoms with E-state index in [1.807, 2.05) is 13.0 Å². The Hall–Kier alpha value is -1.71. The summed E-state index contributed by atoms with van der Waals surface area (Å²) in [6.45, 7) is 1.90. The molecule has 0 saturated heterocycles. The van der Waals surface area contributed by atoms with Crippen LogP contribution in [0.15, 0.2) is 21.3 Å². The number of fused-ring (bicyclic) bond motifs is 1. The number of aryl methyl sites for hydroxylation is 1. The Balaban J connectivity index is 2.97. The Bertz CT molecular complexity index is 481. The van der Waals surface area contributed by atoms with Crippen LogP contribution in [0.3, 0.4) is 0 Å². The minimum absolute atomic E-state index is 0.436. The Morgan fingerprint density at radius 2 is 2.25 bits per heavy atom. The summed E-state index contributed by atoms with van der Waals surface area (Å²) in [5.41, 5.74) is 8.19. The maximum Gasteiger partial charge on any atom is 0.417 e. The van der Waals surface area contributed by atoms with E-state index in [2.05, 4.69) is 4.98 Å². The Kier molecular flexibility index (Phi) is 1.24. The molecule has 0 aliphatic carbocycles. The van der Waals surface area contributed by atoms with Crippen molar-refractivity contribution >= 4 is 16.8 Å². The molecule has 0 atom stereocenters. The molecule has 1 aromatic carbocycles. The zero-order valence-electron chi connectivity index (χ0n) is 6.55. The minimum Gasteiger partial charge on any atom is -0.406 e. The number of nitrogens with one attached hydrogen (secondary N) is 1. The van der Waals surface area contributed by atoms with Crippen molar-refractivity contribution < 1.29 is 4.42 Å². The maximum absolute atomic E-state index is 10.8. The van der Waals surface area contributed by atoms with Gasteiger partial charge in [-0.15, -0.1) is 0 Å². The first-order valence-corrected chi connectivity index (χ1v) is 3.56. The summed E-state index contributed by atoms with van der Waals surface area (Å²) in [4.78, 5) is 13.3. The van der Waals surface area contributed by atoms with Gasteiger partial charge in [0.1, 0.15) is 0 Å². The van der Waals surface area contributed by atoms with Crippen molar-refractivity contribution in [3.63, 3.8) is 0 Å². The lowest BCUT2D eigenvalue weighted by molar-refractivity contribution is 0.556. The van der Waals surface area contributed by atoms with Crippen LogP contribution in [0.5, 0.6) is 0 Å². The number of nitrogen functional groups attached to an aromatic ring is 1. The summed E-state index contributed by atoms with van der Waals surface area (Å²) >= 11 is 0. The van der Waals surface area contributed by atoms with E-state index in [1.54, 1.807) is 6.07 Å². The zero-order chi connectivity index (χ0) is 8.72. The number of benzene rings is 1. The molecular formula is C8H8N2O2. The highest BCUT2D eigenvalue weighted by atomic mass is 16.4. The molecule has 4 nitrogen and oxygen atoms in total. The molecule has 2 aromatic rings. The largest absolute Gasteiger partial charge is 0.417 e. The molecule has 0 bridgehead atoms. The van der Waals surface area contributed by atoms with E-state index in [4.69, 9.17) is 10.2 Å². The summed E-state index contributed by atoms with van der Waals surface area (Å²) in [6.07, 6.45) is 0. The van der Waals surface area contributed by atoms with Gasteiger partial charge in [0.25, 0.3) is 0 Å². The van der Waals surface area contributed by atoms with Crippen molar-refractivity contribution in [2.75, 3.05) is 5.73 Å². The van der Waals surface area contributed by atoms with Gasteiger partial charge in [0.2, 0.25) is 0 Å². The number of rotatable bonds is 0. The van der Waals surface area contributed by atoms with Crippen LogP contribution in [-0.2, 0) is 0 Å². The zero-order valence-corrected chi connectivity index (χ0v) is 6.55. The number of anilines is 1. The third kappa shape index (κ3) is 0.887. The van der Waals surface area contributed by atoms with E-state index in [1.165, 1.54) is 0 Å². The molecule has 1 heterocycles. The highest BCUT2D eigenvalue weighted by Gasteiger charge is 2.04. The Morgan fingerprint density at radius 3 is 3.00 bits per heavy atom. The molecule has 0 amide bonds. The van der Waals surface area contributed by atoms with Crippen LogP contribution in [0.1, 0.15) is 5.56 Å². The molecule has 62 valence electrons. The molecule has 1 aromatic heterocycles. The fraction of sp³-hybridized carbons (Fsp3) is 0.125. The lowest BCUT2D eigenvalue weighted by atomic mass is 10.2. The molecule has 2 rings (SSSR count). The average Bonchev–Trinajstić information content (AvgIpc) is 2.29. The third-order valence-corrected chi connectivity index (χ3v) is 1.69. The highest BCUT2D eigenvalue weighted by Crippen LogP contribution is 2.19. The Labute approximate surface area is 68.0 Å². The first-order chi connectivity index (χ1) is 5.66. The summed E-state index contributed by atoms with van der Waals surface area (Å²) in [6, 6.07) is 3.58. The summed E-state index contributed by atoms with van der Waals surface area (Å²) in [7, 11) is 0. The second-order valence-corrected chi connectivity index (χ2v) is 2.75. The molecule has 12 heavy (non-hydrogen) atoms. The van der Waals surface area contributed by atoms with Gasteiger partial charge in [-0.1, -0.05) is 0 Å². The normalized spacial score (nSPS) is 10.8. The molecule has 3 N–H and O–H groups in total. The van der Waals surface area contributed by atoms with Crippen LogP contribution < -0.4 is 11.5 Å². The van der Waals surface area contributed by atoms with Gasteiger partial charge in [-0.05, 0) is 24.6 Å². The van der Waals surface area contributed by atoms with Gasteiger partial charge in [0.05, 0.1) is 11.2 Å². The number of oxazole rings is 1. The van der Waals surface area contributed by atoms with E-state index in [9.17, 15) is 4.79 Å². The monoisotopic (exact) mass is 164 g/mol. The number of hydrogen-bond acceptors (Lipinski definition) is 3. The number of aromatic nitrogens is 1. The predicted molar refractivity (Wildman–Crippen MR) is 46.0 cm³/mol. The van der Waals surface area contributed by atoms with Gasteiger partial charge in [0.15, 0.2) is 5.58 Å². The topological polar surface area (TPSA) is 72.0 Å². The molecule has 0 aliphatic rings. The molecular weight excluding hydrogens is 156 g/mol. The van der Waals surface area contributed by atoms with Gasteiger partial charge >= 0.3 is 5.76 Å². The smallest absolute Gasteiger partial charge is 0.406 e. The number of nitrogens with two attached hydrogens (primary N) is 1. The quantitative estimate of drug-likeness (QED) is 0.571. The van der Waals surface area contributed by atoms with Crippen molar-refractivity contribution in [2.24, 2.45) is 0 Å². The van der Waals surface area contributed by atoms with Gasteiger partial charge in [-0.25, -0.2) is 4.79 Å². The fourth-order valence-corrected chi connectivity index (χ4v) is 1.24. The maximum atomic E-state index is 10.8. The number of aromatic amines is 1. The van der Waals surface area contributed by atoms with Gasteiger partial charge in [0, 0.05) is 0 Å². The molecule has 0 unspecified atom stereocenters. The highest BCUT2D eigenvalue weighted by molar-refractivity contribution is 5.85. The van der Waals surface area contributed by atoms with Crippen molar-refractivity contribution in [2.45, 2.75) is 6.92 Å². The summed E-state index contributed by atoms with van der Waals surface area (Å²) in [5.74, 6) is -0.470. The number of H-pyrrole nitrogens is 1. The number of hydrogen-bond donors (Lipinski definition) is 2. The summed E-state index contributed by atoms with van der Waals surface area (Å²) in [5, 5.41) is 0. The SMILES string of the molecule is Cc1cc(N)c2oc(=O)[nH]c2c1. The lowest BCUT2D eigenvalue weighted by Crippen LogP contribution is -1.92. The second-order valence-electron chi connectivity index (χ2n) is 2.75. The minimum atomic E-state index is -0.470. The molecule has 0 fully saturated rings. The van der Waals surface area contributed by atoms with Crippen LogP contribution in [0.2, 0.25) is 0 Å². The second kappa shape index (κ2) is 2.14. The van der Waals surface area contributed by atoms with Crippen molar-refractivity contribution in [3.8, 4) is 0 Å².